The van der Waals surface area contributed by atoms with E-state index in [2.05, 4.69) is 15.5 Å². The Bertz CT molecular complexity index is 1000. The number of nitriles is 1. The molecule has 1 amide bonds. The van der Waals surface area contributed by atoms with E-state index in [1.54, 1.807) is 30.3 Å². The van der Waals surface area contributed by atoms with Gasteiger partial charge >= 0.3 is 0 Å². The molecule has 1 saturated carbocycles. The largest absolute Gasteiger partial charge is 0.490 e. The van der Waals surface area contributed by atoms with Crippen LogP contribution in [0.5, 0.6) is 5.75 Å². The summed E-state index contributed by atoms with van der Waals surface area (Å²) in [5.41, 5.74) is 0.696. The maximum absolute atomic E-state index is 12.6. The molecule has 10 heteroatoms. The number of rotatable bonds is 6. The summed E-state index contributed by atoms with van der Waals surface area (Å²) < 4.78 is 11.5. The molecule has 33 heavy (non-hydrogen) atoms. The molecule has 2 fully saturated rings. The first-order valence-corrected chi connectivity index (χ1v) is 11.4. The van der Waals surface area contributed by atoms with Gasteiger partial charge in [0.25, 0.3) is 5.91 Å². The predicted molar refractivity (Wildman–Crippen MR) is 121 cm³/mol. The number of hydrogen-bond acceptors (Lipinski definition) is 8. The number of halogens is 1. The van der Waals surface area contributed by atoms with Crippen molar-refractivity contribution in [2.24, 2.45) is 0 Å². The SMILES string of the molecule is N#Cc1ccc(OC2CCC(NC(=O)c3ccc(N4CCOC(CO)C4)nn3)CC2)cc1Cl. The first-order chi connectivity index (χ1) is 16.1. The molecule has 0 radical (unpaired) electrons. The monoisotopic (exact) mass is 471 g/mol. The Morgan fingerprint density at radius 1 is 1.27 bits per heavy atom. The summed E-state index contributed by atoms with van der Waals surface area (Å²) in [7, 11) is 0. The second-order valence-electron chi connectivity index (χ2n) is 8.22. The Labute approximate surface area is 197 Å². The maximum Gasteiger partial charge on any atom is 0.272 e. The fraction of sp³-hybridized carbons (Fsp3) is 0.478. The highest BCUT2D eigenvalue weighted by Gasteiger charge is 2.25. The Hall–Kier alpha value is -2.93. The van der Waals surface area contributed by atoms with Crippen LogP contribution in [-0.2, 0) is 4.74 Å². The molecule has 2 aromatic rings. The van der Waals surface area contributed by atoms with Crippen molar-refractivity contribution < 1.29 is 19.4 Å². The fourth-order valence-electron chi connectivity index (χ4n) is 4.09. The summed E-state index contributed by atoms with van der Waals surface area (Å²) in [6.45, 7) is 1.67. The Morgan fingerprint density at radius 2 is 2.09 bits per heavy atom. The Morgan fingerprint density at radius 3 is 2.76 bits per heavy atom. The molecule has 1 aromatic heterocycles. The van der Waals surface area contributed by atoms with E-state index < -0.39 is 0 Å². The number of aromatic nitrogens is 2. The van der Waals surface area contributed by atoms with Crippen LogP contribution in [0.25, 0.3) is 0 Å². The zero-order chi connectivity index (χ0) is 23.2. The zero-order valence-corrected chi connectivity index (χ0v) is 18.9. The predicted octanol–water partition coefficient (Wildman–Crippen LogP) is 2.32. The number of carbonyl (C=O) groups excluding carboxylic acids is 1. The fourth-order valence-corrected chi connectivity index (χ4v) is 4.30. The van der Waals surface area contributed by atoms with E-state index in [0.29, 0.717) is 41.8 Å². The van der Waals surface area contributed by atoms with Gasteiger partial charge in [0.15, 0.2) is 11.5 Å². The van der Waals surface area contributed by atoms with Crippen LogP contribution in [0, 0.1) is 11.3 Å². The van der Waals surface area contributed by atoms with Gasteiger partial charge in [-0.05, 0) is 49.9 Å². The molecule has 174 valence electrons. The van der Waals surface area contributed by atoms with Gasteiger partial charge in [-0.15, -0.1) is 10.2 Å². The topological polar surface area (TPSA) is 121 Å². The second kappa shape index (κ2) is 10.8. The molecule has 2 aliphatic rings. The van der Waals surface area contributed by atoms with Crippen LogP contribution in [-0.4, -0.2) is 65.8 Å². The molecule has 2 N–H and O–H groups in total. The van der Waals surface area contributed by atoms with Gasteiger partial charge in [0, 0.05) is 25.2 Å². The van der Waals surface area contributed by atoms with Crippen LogP contribution in [0.4, 0.5) is 5.82 Å². The lowest BCUT2D eigenvalue weighted by Gasteiger charge is -2.32. The van der Waals surface area contributed by atoms with Gasteiger partial charge in [0.2, 0.25) is 0 Å². The number of carbonyl (C=O) groups is 1. The van der Waals surface area contributed by atoms with Crippen LogP contribution in [0.15, 0.2) is 30.3 Å². The Kier molecular flexibility index (Phi) is 7.60. The highest BCUT2D eigenvalue weighted by Crippen LogP contribution is 2.27. The molecule has 2 heterocycles. The summed E-state index contributed by atoms with van der Waals surface area (Å²) in [4.78, 5) is 14.6. The third-order valence-corrected chi connectivity index (χ3v) is 6.24. The highest BCUT2D eigenvalue weighted by atomic mass is 35.5. The van der Waals surface area contributed by atoms with E-state index in [0.717, 1.165) is 25.7 Å². The first-order valence-electron chi connectivity index (χ1n) is 11.0. The van der Waals surface area contributed by atoms with Gasteiger partial charge < -0.3 is 24.8 Å². The first kappa shape index (κ1) is 23.2. The van der Waals surface area contributed by atoms with Crippen LogP contribution < -0.4 is 15.0 Å². The number of ether oxygens (including phenoxy) is 2. The second-order valence-corrected chi connectivity index (χ2v) is 8.62. The molecule has 1 aliphatic heterocycles. The van der Waals surface area contributed by atoms with Crippen LogP contribution in [0.3, 0.4) is 0 Å². The minimum atomic E-state index is -0.243. The smallest absolute Gasteiger partial charge is 0.272 e. The van der Waals surface area contributed by atoms with Crippen LogP contribution >= 0.6 is 11.6 Å². The average molecular weight is 472 g/mol. The molecule has 1 aliphatic carbocycles. The number of aliphatic hydroxyl groups is 1. The third-order valence-electron chi connectivity index (χ3n) is 5.92. The molecular weight excluding hydrogens is 446 g/mol. The van der Waals surface area contributed by atoms with Gasteiger partial charge in [-0.25, -0.2) is 0 Å². The summed E-state index contributed by atoms with van der Waals surface area (Å²) in [5.74, 6) is 1.06. The number of nitrogens with one attached hydrogen (secondary N) is 1. The number of aliphatic hydroxyl groups excluding tert-OH is 1. The van der Waals surface area contributed by atoms with Crippen molar-refractivity contribution in [3.8, 4) is 11.8 Å². The van der Waals surface area contributed by atoms with E-state index in [-0.39, 0.29) is 36.5 Å². The molecule has 1 aromatic carbocycles. The van der Waals surface area contributed by atoms with Gasteiger partial charge in [-0.2, -0.15) is 5.26 Å². The molecule has 1 atom stereocenters. The molecular formula is C23H26ClN5O4. The van der Waals surface area contributed by atoms with Gasteiger partial charge in [-0.1, -0.05) is 11.6 Å². The molecule has 1 unspecified atom stereocenters. The maximum atomic E-state index is 12.6. The van der Waals surface area contributed by atoms with Gasteiger partial charge in [0.05, 0.1) is 36.0 Å². The van der Waals surface area contributed by atoms with Crippen LogP contribution in [0.2, 0.25) is 5.02 Å². The summed E-state index contributed by atoms with van der Waals surface area (Å²) in [5, 5.41) is 30.0. The molecule has 4 rings (SSSR count). The molecule has 9 nitrogen and oxygen atoms in total. The Balaban J connectivity index is 1.25. The van der Waals surface area contributed by atoms with E-state index in [4.69, 9.17) is 26.3 Å². The van der Waals surface area contributed by atoms with Crippen LogP contribution in [0.1, 0.15) is 41.7 Å². The van der Waals surface area contributed by atoms with Crippen molar-refractivity contribution in [1.29, 1.82) is 5.26 Å². The minimum absolute atomic E-state index is 0.0394. The van der Waals surface area contributed by atoms with E-state index in [1.165, 1.54) is 0 Å². The number of hydrogen-bond donors (Lipinski definition) is 2. The molecule has 0 spiro atoms. The van der Waals surface area contributed by atoms with E-state index in [1.807, 2.05) is 11.0 Å². The minimum Gasteiger partial charge on any atom is -0.490 e. The van der Waals surface area contributed by atoms with Crippen molar-refractivity contribution in [2.45, 2.75) is 43.9 Å². The van der Waals surface area contributed by atoms with Gasteiger partial charge in [-0.3, -0.25) is 4.79 Å². The summed E-state index contributed by atoms with van der Waals surface area (Å²) >= 11 is 6.07. The lowest BCUT2D eigenvalue weighted by molar-refractivity contribution is 0.00332. The number of benzene rings is 1. The average Bonchev–Trinajstić information content (AvgIpc) is 2.85. The number of morpholine rings is 1. The zero-order valence-electron chi connectivity index (χ0n) is 18.1. The quantitative estimate of drug-likeness (QED) is 0.658. The van der Waals surface area contributed by atoms with Crippen molar-refractivity contribution in [1.82, 2.24) is 15.5 Å². The van der Waals surface area contributed by atoms with E-state index in [9.17, 15) is 9.90 Å². The normalized spacial score (nSPS) is 22.9. The lowest BCUT2D eigenvalue weighted by atomic mass is 9.93. The number of nitrogens with zero attached hydrogens (tertiary/aromatic N) is 4. The highest BCUT2D eigenvalue weighted by molar-refractivity contribution is 6.31. The summed E-state index contributed by atoms with van der Waals surface area (Å²) in [6, 6.07) is 10.6. The lowest BCUT2D eigenvalue weighted by Crippen LogP contribution is -2.44. The molecule has 0 bridgehead atoms. The standard InChI is InChI=1S/C23H26ClN5O4/c24-20-11-18(4-1-15(20)12-25)33-17-5-2-16(3-6-17)26-23(31)21-7-8-22(28-27-21)29-9-10-32-19(13-29)14-30/h1,4,7-8,11,16-17,19,30H,2-3,5-6,9-10,13-14H2,(H,26,31). The molecule has 1 saturated heterocycles. The number of amides is 1. The van der Waals surface area contributed by atoms with Crippen molar-refractivity contribution >= 4 is 23.3 Å². The van der Waals surface area contributed by atoms with Crippen molar-refractivity contribution in [3.05, 3.63) is 46.6 Å². The summed E-state index contributed by atoms with van der Waals surface area (Å²) in [6.07, 6.45) is 2.99. The van der Waals surface area contributed by atoms with Gasteiger partial charge in [0.1, 0.15) is 11.8 Å². The number of anilines is 1. The van der Waals surface area contributed by atoms with Crippen molar-refractivity contribution in [2.75, 3.05) is 31.2 Å². The third kappa shape index (κ3) is 5.90. The van der Waals surface area contributed by atoms with Crippen molar-refractivity contribution in [3.63, 3.8) is 0 Å². The van der Waals surface area contributed by atoms with E-state index >= 15 is 0 Å².